The molecule has 0 unspecified atom stereocenters. The van der Waals surface area contributed by atoms with Crippen LogP contribution in [-0.4, -0.2) is 24.6 Å². The van der Waals surface area contributed by atoms with Crippen LogP contribution < -0.4 is 4.43 Å². The topological polar surface area (TPSA) is 77.4 Å². The van der Waals surface area contributed by atoms with Gasteiger partial charge in [-0.1, -0.05) is 53.7 Å². The Labute approximate surface area is 216 Å². The first-order valence-electron chi connectivity index (χ1n) is 12.8. The van der Waals surface area contributed by atoms with E-state index in [0.29, 0.717) is 33.8 Å². The molecule has 0 saturated carbocycles. The molecular formula is C29H40N2O4Si. The Bertz CT molecular complexity index is 1260. The van der Waals surface area contributed by atoms with E-state index in [4.69, 9.17) is 13.6 Å². The summed E-state index contributed by atoms with van der Waals surface area (Å²) >= 11 is 0. The fraction of sp³-hybridized carbons (Fsp3) is 0.517. The largest absolute Gasteiger partial charge is 0.518 e. The molecule has 36 heavy (non-hydrogen) atoms. The Balaban J connectivity index is 2.16. The summed E-state index contributed by atoms with van der Waals surface area (Å²) in [4.78, 5) is 13.0. The molecule has 0 saturated heterocycles. The number of nitriles is 1. The third kappa shape index (κ3) is 5.10. The molecule has 3 rings (SSSR count). The van der Waals surface area contributed by atoms with E-state index in [0.717, 1.165) is 22.1 Å². The summed E-state index contributed by atoms with van der Waals surface area (Å²) in [5, 5.41) is 10.3. The highest BCUT2D eigenvalue weighted by Gasteiger charge is 2.48. The van der Waals surface area contributed by atoms with Gasteiger partial charge in [0.25, 0.3) is 14.3 Å². The number of aryl methyl sites for hydroxylation is 1. The van der Waals surface area contributed by atoms with Crippen molar-refractivity contribution in [3.8, 4) is 23.3 Å². The third-order valence-corrected chi connectivity index (χ3v) is 12.8. The van der Waals surface area contributed by atoms with Crippen molar-refractivity contribution in [3.63, 3.8) is 0 Å². The van der Waals surface area contributed by atoms with Crippen molar-refractivity contribution in [2.24, 2.45) is 0 Å². The van der Waals surface area contributed by atoms with Gasteiger partial charge in [0.15, 0.2) is 0 Å². The van der Waals surface area contributed by atoms with E-state index in [9.17, 15) is 10.1 Å². The SMILES string of the molecule is Cc1cc(-c2cccc3c2c(CC#N)cn3C(=O)OC(C)(C)C)oc1O[Si](C(C)C)(C(C)C)C(C)C. The molecule has 0 radical (unpaired) electrons. The fourth-order valence-corrected chi connectivity index (χ4v) is 10.7. The smallest absolute Gasteiger partial charge is 0.419 e. The molecule has 0 atom stereocenters. The molecule has 2 aromatic heterocycles. The summed E-state index contributed by atoms with van der Waals surface area (Å²) in [5.74, 6) is 1.23. The predicted octanol–water partition coefficient (Wildman–Crippen LogP) is 8.61. The highest BCUT2D eigenvalue weighted by Crippen LogP contribution is 2.45. The number of benzene rings is 1. The van der Waals surface area contributed by atoms with E-state index in [1.165, 1.54) is 4.57 Å². The fourth-order valence-electron chi connectivity index (χ4n) is 5.47. The van der Waals surface area contributed by atoms with Gasteiger partial charge in [-0.2, -0.15) is 5.26 Å². The van der Waals surface area contributed by atoms with Gasteiger partial charge in [0.2, 0.25) is 0 Å². The molecule has 7 heteroatoms. The normalized spacial score (nSPS) is 12.6. The third-order valence-electron chi connectivity index (χ3n) is 6.88. The molecule has 3 aromatic rings. The lowest BCUT2D eigenvalue weighted by atomic mass is 10.0. The van der Waals surface area contributed by atoms with E-state index in [2.05, 4.69) is 47.6 Å². The number of hydrogen-bond acceptors (Lipinski definition) is 5. The Morgan fingerprint density at radius 1 is 1.11 bits per heavy atom. The van der Waals surface area contributed by atoms with Crippen LogP contribution in [0.25, 0.3) is 22.2 Å². The lowest BCUT2D eigenvalue weighted by Crippen LogP contribution is -2.50. The molecule has 0 fully saturated rings. The Morgan fingerprint density at radius 3 is 2.25 bits per heavy atom. The van der Waals surface area contributed by atoms with E-state index in [-0.39, 0.29) is 6.42 Å². The number of furan rings is 1. The van der Waals surface area contributed by atoms with E-state index in [1.807, 2.05) is 52.0 Å². The van der Waals surface area contributed by atoms with Crippen molar-refractivity contribution >= 4 is 25.3 Å². The molecule has 0 aliphatic rings. The van der Waals surface area contributed by atoms with Crippen LogP contribution in [0.1, 0.15) is 73.4 Å². The van der Waals surface area contributed by atoms with Gasteiger partial charge >= 0.3 is 6.09 Å². The van der Waals surface area contributed by atoms with Gasteiger partial charge in [-0.15, -0.1) is 0 Å². The first-order valence-corrected chi connectivity index (χ1v) is 14.9. The summed E-state index contributed by atoms with van der Waals surface area (Å²) in [6, 6.07) is 9.93. The zero-order valence-corrected chi connectivity index (χ0v) is 24.4. The molecule has 0 N–H and O–H groups in total. The zero-order valence-electron chi connectivity index (χ0n) is 23.4. The molecule has 1 aromatic carbocycles. The van der Waals surface area contributed by atoms with Crippen LogP contribution in [0.15, 0.2) is 34.9 Å². The molecule has 194 valence electrons. The summed E-state index contributed by atoms with van der Waals surface area (Å²) in [7, 11) is -2.20. The van der Waals surface area contributed by atoms with Gasteiger partial charge in [0.05, 0.1) is 18.0 Å². The second kappa shape index (κ2) is 10.2. The minimum atomic E-state index is -2.20. The maximum absolute atomic E-state index is 13.0. The molecule has 6 nitrogen and oxygen atoms in total. The molecule has 0 spiro atoms. The Kier molecular flexibility index (Phi) is 7.80. The molecule has 0 amide bonds. The van der Waals surface area contributed by atoms with Crippen molar-refractivity contribution in [2.75, 3.05) is 0 Å². The van der Waals surface area contributed by atoms with E-state index >= 15 is 0 Å². The second-order valence-electron chi connectivity index (χ2n) is 11.5. The lowest BCUT2D eigenvalue weighted by molar-refractivity contribution is 0.0544. The van der Waals surface area contributed by atoms with Gasteiger partial charge in [-0.25, -0.2) is 4.79 Å². The molecule has 2 heterocycles. The highest BCUT2D eigenvalue weighted by molar-refractivity contribution is 6.78. The van der Waals surface area contributed by atoms with Crippen molar-refractivity contribution in [2.45, 2.75) is 97.9 Å². The summed E-state index contributed by atoms with van der Waals surface area (Å²) < 4.78 is 20.4. The van der Waals surface area contributed by atoms with Crippen LogP contribution in [0.4, 0.5) is 4.79 Å². The van der Waals surface area contributed by atoms with Crippen molar-refractivity contribution in [1.29, 1.82) is 5.26 Å². The van der Waals surface area contributed by atoms with Crippen LogP contribution in [0.2, 0.25) is 16.6 Å². The number of ether oxygens (including phenoxy) is 1. The number of fused-ring (bicyclic) bond motifs is 1. The van der Waals surface area contributed by atoms with E-state index in [1.54, 1.807) is 6.20 Å². The van der Waals surface area contributed by atoms with Gasteiger partial charge in [-0.3, -0.25) is 4.57 Å². The summed E-state index contributed by atoms with van der Waals surface area (Å²) in [6.07, 6.45) is 1.39. The number of rotatable bonds is 7. The van der Waals surface area contributed by atoms with Crippen molar-refractivity contribution < 1.29 is 18.4 Å². The van der Waals surface area contributed by atoms with Crippen LogP contribution in [0.3, 0.4) is 0 Å². The van der Waals surface area contributed by atoms with Crippen LogP contribution in [0.5, 0.6) is 5.95 Å². The molecule has 0 bridgehead atoms. The Morgan fingerprint density at radius 2 is 1.72 bits per heavy atom. The average molecular weight is 509 g/mol. The van der Waals surface area contributed by atoms with Gasteiger partial charge in [0, 0.05) is 22.7 Å². The van der Waals surface area contributed by atoms with Gasteiger partial charge < -0.3 is 13.6 Å². The van der Waals surface area contributed by atoms with Crippen molar-refractivity contribution in [1.82, 2.24) is 4.57 Å². The summed E-state index contributed by atoms with van der Waals surface area (Å²) in [6.45, 7) is 21.0. The number of carbonyl (C=O) groups is 1. The number of hydrogen-bond donors (Lipinski definition) is 0. The quantitative estimate of drug-likeness (QED) is 0.299. The van der Waals surface area contributed by atoms with Gasteiger partial charge in [0.1, 0.15) is 11.4 Å². The second-order valence-corrected chi connectivity index (χ2v) is 16.9. The maximum atomic E-state index is 13.0. The van der Waals surface area contributed by atoms with E-state index < -0.39 is 20.0 Å². The molecular weight excluding hydrogens is 468 g/mol. The zero-order chi connectivity index (χ0) is 27.0. The number of aromatic nitrogens is 1. The molecule has 0 aliphatic heterocycles. The lowest BCUT2D eigenvalue weighted by Gasteiger charge is -2.41. The minimum Gasteiger partial charge on any atom is -0.518 e. The molecule has 0 aliphatic carbocycles. The van der Waals surface area contributed by atoms with Gasteiger partial charge in [-0.05, 0) is 62.0 Å². The highest BCUT2D eigenvalue weighted by atomic mass is 28.4. The minimum absolute atomic E-state index is 0.163. The first kappa shape index (κ1) is 27.6. The summed E-state index contributed by atoms with van der Waals surface area (Å²) in [5.41, 5.74) is 3.81. The van der Waals surface area contributed by atoms with Crippen LogP contribution in [-0.2, 0) is 11.2 Å². The van der Waals surface area contributed by atoms with Crippen molar-refractivity contribution in [3.05, 3.63) is 41.6 Å². The van der Waals surface area contributed by atoms with Crippen LogP contribution >= 0.6 is 0 Å². The first-order chi connectivity index (χ1) is 16.7. The monoisotopic (exact) mass is 508 g/mol. The van der Waals surface area contributed by atoms with Crippen LogP contribution in [0, 0.1) is 18.3 Å². The number of nitrogens with zero attached hydrogens (tertiary/aromatic N) is 2. The Hall–Kier alpha value is -2.98. The average Bonchev–Trinajstić information content (AvgIpc) is 3.31. The number of carbonyl (C=O) groups excluding carboxylic acids is 1. The maximum Gasteiger partial charge on any atom is 0.419 e. The predicted molar refractivity (Wildman–Crippen MR) is 147 cm³/mol. The standard InChI is InChI=1S/C29H40N2O4Si/c1-18(2)36(19(3)4,20(5)6)35-27-21(7)16-25(33-27)23-12-11-13-24-26(23)22(14-15-30)17-31(24)28(32)34-29(8,9)10/h11-13,16-20H,14H2,1-10H3.